The summed E-state index contributed by atoms with van der Waals surface area (Å²) in [6, 6.07) is 13.3. The van der Waals surface area contributed by atoms with Crippen LogP contribution in [0.5, 0.6) is 0 Å². The van der Waals surface area contributed by atoms with Crippen molar-refractivity contribution in [2.75, 3.05) is 5.32 Å². The number of carbonyl (C=O) groups excluding carboxylic acids is 1. The minimum atomic E-state index is -0.544. The number of nitrogens with zero attached hydrogens (tertiary/aromatic N) is 1. The van der Waals surface area contributed by atoms with Gasteiger partial charge in [-0.3, -0.25) is 14.9 Å². The lowest BCUT2D eigenvalue weighted by Crippen LogP contribution is -2.12. The lowest BCUT2D eigenvalue weighted by molar-refractivity contribution is -0.384. The fourth-order valence-corrected chi connectivity index (χ4v) is 2.03. The monoisotopic (exact) mass is 316 g/mol. The maximum Gasteiger partial charge on any atom is 0.271 e. The smallest absolute Gasteiger partial charge is 0.271 e. The number of halogens is 1. The average Bonchev–Trinajstić information content (AvgIpc) is 2.50. The maximum atomic E-state index is 12.1. The summed E-state index contributed by atoms with van der Waals surface area (Å²) in [5.74, 6) is -0.320. The summed E-state index contributed by atoms with van der Waals surface area (Å²) in [6.07, 6.45) is 1.74. The number of rotatable bonds is 4. The molecule has 0 saturated heterocycles. The van der Waals surface area contributed by atoms with Crippen LogP contribution in [-0.2, 0) is 4.79 Å². The van der Waals surface area contributed by atoms with Crippen LogP contribution in [-0.4, -0.2) is 10.8 Å². The van der Waals surface area contributed by atoms with E-state index < -0.39 is 4.92 Å². The first-order valence-corrected chi connectivity index (χ1v) is 6.84. The van der Waals surface area contributed by atoms with Gasteiger partial charge in [-0.2, -0.15) is 0 Å². The molecule has 0 aromatic heterocycles. The maximum absolute atomic E-state index is 12.1. The second kappa shape index (κ2) is 6.87. The molecule has 0 aliphatic rings. The van der Waals surface area contributed by atoms with E-state index in [0.717, 1.165) is 5.56 Å². The Kier molecular flexibility index (Phi) is 4.91. The summed E-state index contributed by atoms with van der Waals surface area (Å²) in [5, 5.41) is 13.4. The molecular formula is C16H13ClN2O3. The zero-order chi connectivity index (χ0) is 16.1. The largest absolute Gasteiger partial charge is 0.321 e. The van der Waals surface area contributed by atoms with Gasteiger partial charge in [0.15, 0.2) is 0 Å². The van der Waals surface area contributed by atoms with Gasteiger partial charge in [-0.05, 0) is 24.6 Å². The number of hydrogen-bond donors (Lipinski definition) is 1. The Morgan fingerprint density at radius 3 is 2.50 bits per heavy atom. The molecule has 22 heavy (non-hydrogen) atoms. The lowest BCUT2D eigenvalue weighted by Gasteiger charge is -2.07. The molecule has 2 aromatic rings. The molecule has 1 N–H and O–H groups in total. The Morgan fingerprint density at radius 1 is 1.23 bits per heavy atom. The van der Waals surface area contributed by atoms with E-state index in [0.29, 0.717) is 11.3 Å². The molecule has 0 unspecified atom stereocenters. The Bertz CT molecular complexity index is 742. The van der Waals surface area contributed by atoms with Crippen molar-refractivity contribution in [2.45, 2.75) is 6.92 Å². The molecule has 2 rings (SSSR count). The number of non-ortho nitro benzene ring substituents is 1. The number of benzene rings is 2. The minimum absolute atomic E-state index is 0.120. The highest BCUT2D eigenvalue weighted by atomic mass is 35.5. The first kappa shape index (κ1) is 15.7. The van der Waals surface area contributed by atoms with E-state index in [4.69, 9.17) is 11.6 Å². The van der Waals surface area contributed by atoms with E-state index in [1.807, 2.05) is 30.3 Å². The van der Waals surface area contributed by atoms with E-state index >= 15 is 0 Å². The highest BCUT2D eigenvalue weighted by Gasteiger charge is 2.12. The molecule has 0 bridgehead atoms. The highest BCUT2D eigenvalue weighted by Crippen LogP contribution is 2.27. The predicted molar refractivity (Wildman–Crippen MR) is 86.8 cm³/mol. The van der Waals surface area contributed by atoms with Crippen LogP contribution in [0.25, 0.3) is 6.08 Å². The number of nitro groups is 1. The zero-order valence-corrected chi connectivity index (χ0v) is 12.5. The molecule has 5 nitrogen and oxygen atoms in total. The molecule has 112 valence electrons. The first-order valence-electron chi connectivity index (χ1n) is 6.46. The van der Waals surface area contributed by atoms with Crippen LogP contribution < -0.4 is 5.32 Å². The predicted octanol–water partition coefficient (Wildman–Crippen LogP) is 4.29. The topological polar surface area (TPSA) is 72.2 Å². The number of amides is 1. The van der Waals surface area contributed by atoms with Crippen LogP contribution in [0.15, 0.2) is 54.1 Å². The first-order chi connectivity index (χ1) is 10.5. The SMILES string of the molecule is C/C(=C\c1ccccc1)C(=O)Nc1ccc([N+](=O)[O-])cc1Cl. The van der Waals surface area contributed by atoms with Crippen molar-refractivity contribution in [1.29, 1.82) is 0 Å². The Balaban J connectivity index is 2.15. The molecule has 6 heteroatoms. The van der Waals surface area contributed by atoms with Crippen molar-refractivity contribution >= 4 is 35.0 Å². The van der Waals surface area contributed by atoms with Gasteiger partial charge >= 0.3 is 0 Å². The van der Waals surface area contributed by atoms with Crippen molar-refractivity contribution in [3.05, 3.63) is 74.8 Å². The number of nitrogens with one attached hydrogen (secondary N) is 1. The Hall–Kier alpha value is -2.66. The van der Waals surface area contributed by atoms with E-state index in [2.05, 4.69) is 5.32 Å². The van der Waals surface area contributed by atoms with Crippen LogP contribution in [0.4, 0.5) is 11.4 Å². The Morgan fingerprint density at radius 2 is 1.91 bits per heavy atom. The van der Waals surface area contributed by atoms with Crippen LogP contribution >= 0.6 is 11.6 Å². The molecule has 0 fully saturated rings. The van der Waals surface area contributed by atoms with Gasteiger partial charge < -0.3 is 5.32 Å². The van der Waals surface area contributed by atoms with Crippen LogP contribution in [0, 0.1) is 10.1 Å². The van der Waals surface area contributed by atoms with Gasteiger partial charge in [-0.15, -0.1) is 0 Å². The van der Waals surface area contributed by atoms with Gasteiger partial charge in [0.25, 0.3) is 11.6 Å². The highest BCUT2D eigenvalue weighted by molar-refractivity contribution is 6.34. The average molecular weight is 317 g/mol. The van der Waals surface area contributed by atoms with E-state index in [-0.39, 0.29) is 16.6 Å². The number of anilines is 1. The molecule has 1 amide bonds. The lowest BCUT2D eigenvalue weighted by atomic mass is 10.1. The minimum Gasteiger partial charge on any atom is -0.321 e. The summed E-state index contributed by atoms with van der Waals surface area (Å²) in [5.41, 5.74) is 1.61. The normalized spacial score (nSPS) is 11.1. The molecule has 0 heterocycles. The summed E-state index contributed by atoms with van der Waals surface area (Å²) in [4.78, 5) is 22.2. The van der Waals surface area contributed by atoms with Gasteiger partial charge in [0, 0.05) is 17.7 Å². The molecule has 0 saturated carbocycles. The molecular weight excluding hydrogens is 304 g/mol. The molecule has 0 aliphatic carbocycles. The van der Waals surface area contributed by atoms with Crippen LogP contribution in [0.3, 0.4) is 0 Å². The summed E-state index contributed by atoms with van der Waals surface area (Å²) >= 11 is 5.94. The number of hydrogen-bond acceptors (Lipinski definition) is 3. The third kappa shape index (κ3) is 3.93. The fraction of sp³-hybridized carbons (Fsp3) is 0.0625. The zero-order valence-electron chi connectivity index (χ0n) is 11.7. The van der Waals surface area contributed by atoms with E-state index in [9.17, 15) is 14.9 Å². The van der Waals surface area contributed by atoms with Crippen molar-refractivity contribution in [2.24, 2.45) is 0 Å². The summed E-state index contributed by atoms with van der Waals surface area (Å²) in [6.45, 7) is 1.68. The second-order valence-corrected chi connectivity index (χ2v) is 5.02. The van der Waals surface area contributed by atoms with E-state index in [1.165, 1.54) is 18.2 Å². The van der Waals surface area contributed by atoms with Gasteiger partial charge in [0.05, 0.1) is 15.6 Å². The second-order valence-electron chi connectivity index (χ2n) is 4.61. The van der Waals surface area contributed by atoms with Crippen molar-refractivity contribution < 1.29 is 9.72 Å². The third-order valence-electron chi connectivity index (χ3n) is 2.95. The fourth-order valence-electron chi connectivity index (χ4n) is 1.80. The summed E-state index contributed by atoms with van der Waals surface area (Å²) in [7, 11) is 0. The van der Waals surface area contributed by atoms with E-state index in [1.54, 1.807) is 13.0 Å². The van der Waals surface area contributed by atoms with Crippen LogP contribution in [0.2, 0.25) is 5.02 Å². The number of carbonyl (C=O) groups is 1. The van der Waals surface area contributed by atoms with Gasteiger partial charge in [-0.1, -0.05) is 41.9 Å². The van der Waals surface area contributed by atoms with Gasteiger partial charge in [0.1, 0.15) is 0 Å². The molecule has 2 aromatic carbocycles. The summed E-state index contributed by atoms with van der Waals surface area (Å²) < 4.78 is 0. The molecule has 0 atom stereocenters. The van der Waals surface area contributed by atoms with Crippen molar-refractivity contribution in [3.63, 3.8) is 0 Å². The number of nitro benzene ring substituents is 1. The van der Waals surface area contributed by atoms with Crippen molar-refractivity contribution in [1.82, 2.24) is 0 Å². The quantitative estimate of drug-likeness (QED) is 0.519. The van der Waals surface area contributed by atoms with Gasteiger partial charge in [-0.25, -0.2) is 0 Å². The van der Waals surface area contributed by atoms with Crippen LogP contribution in [0.1, 0.15) is 12.5 Å². The van der Waals surface area contributed by atoms with Crippen molar-refractivity contribution in [3.8, 4) is 0 Å². The molecule has 0 radical (unpaired) electrons. The molecule has 0 aliphatic heterocycles. The third-order valence-corrected chi connectivity index (χ3v) is 3.27. The van der Waals surface area contributed by atoms with Gasteiger partial charge in [0.2, 0.25) is 0 Å². The Labute approximate surface area is 132 Å². The standard InChI is InChI=1S/C16H13ClN2O3/c1-11(9-12-5-3-2-4-6-12)16(20)18-15-8-7-13(19(21)22)10-14(15)17/h2-10H,1H3,(H,18,20)/b11-9+. The molecule has 0 spiro atoms.